The fourth-order valence-electron chi connectivity index (χ4n) is 2.56. The van der Waals surface area contributed by atoms with Crippen molar-refractivity contribution in [3.63, 3.8) is 0 Å². The van der Waals surface area contributed by atoms with Crippen molar-refractivity contribution in [1.29, 1.82) is 0 Å². The third-order valence-corrected chi connectivity index (χ3v) is 3.41. The summed E-state index contributed by atoms with van der Waals surface area (Å²) in [7, 11) is 0. The smallest absolute Gasteiger partial charge is 0.0203 e. The molecular formula is C12H22. The first kappa shape index (κ1) is 9.83. The quantitative estimate of drug-likeness (QED) is 0.543. The number of rotatable bonds is 2. The van der Waals surface area contributed by atoms with Crippen LogP contribution in [0, 0.1) is 17.8 Å². The third-order valence-electron chi connectivity index (χ3n) is 3.41. The Hall–Kier alpha value is -0.260. The van der Waals surface area contributed by atoms with Gasteiger partial charge < -0.3 is 0 Å². The summed E-state index contributed by atoms with van der Waals surface area (Å²) in [6, 6.07) is 0. The lowest BCUT2D eigenvalue weighted by Gasteiger charge is -2.34. The first-order valence-electron chi connectivity index (χ1n) is 5.37. The number of hydrogen-bond donors (Lipinski definition) is 0. The highest BCUT2D eigenvalue weighted by molar-refractivity contribution is 5.09. The van der Waals surface area contributed by atoms with Gasteiger partial charge in [-0.2, -0.15) is 0 Å². The van der Waals surface area contributed by atoms with Crippen LogP contribution in [0.4, 0.5) is 0 Å². The van der Waals surface area contributed by atoms with Gasteiger partial charge in [-0.25, -0.2) is 0 Å². The maximum atomic E-state index is 4.25. The molecular weight excluding hydrogens is 144 g/mol. The zero-order valence-electron chi connectivity index (χ0n) is 8.77. The van der Waals surface area contributed by atoms with Crippen LogP contribution in [0.5, 0.6) is 0 Å². The zero-order chi connectivity index (χ0) is 9.14. The molecule has 0 bridgehead atoms. The summed E-state index contributed by atoms with van der Waals surface area (Å²) >= 11 is 0. The van der Waals surface area contributed by atoms with Crippen molar-refractivity contribution in [2.75, 3.05) is 0 Å². The molecule has 0 nitrogen and oxygen atoms in total. The van der Waals surface area contributed by atoms with Crippen molar-refractivity contribution in [2.45, 2.75) is 46.5 Å². The van der Waals surface area contributed by atoms with E-state index in [1.54, 1.807) is 0 Å². The maximum Gasteiger partial charge on any atom is -0.0203 e. The highest BCUT2D eigenvalue weighted by Gasteiger charge is 2.27. The molecule has 1 aliphatic rings. The summed E-state index contributed by atoms with van der Waals surface area (Å²) in [6.45, 7) is 11.2. The van der Waals surface area contributed by atoms with E-state index in [1.165, 1.54) is 31.3 Å². The Morgan fingerprint density at radius 2 is 1.58 bits per heavy atom. The summed E-state index contributed by atoms with van der Waals surface area (Å²) in [5.74, 6) is 2.56. The molecule has 0 saturated heterocycles. The van der Waals surface area contributed by atoms with E-state index in [9.17, 15) is 0 Å². The average Bonchev–Trinajstić information content (AvgIpc) is 2.08. The highest BCUT2D eigenvalue weighted by atomic mass is 14.3. The normalized spacial score (nSPS) is 36.9. The van der Waals surface area contributed by atoms with Crippen LogP contribution in [0.3, 0.4) is 0 Å². The molecule has 0 aromatic heterocycles. The van der Waals surface area contributed by atoms with Crippen molar-refractivity contribution in [3.05, 3.63) is 12.2 Å². The molecule has 0 radical (unpaired) electrons. The van der Waals surface area contributed by atoms with Gasteiger partial charge in [-0.05, 0) is 43.4 Å². The number of allylic oxidation sites excluding steroid dienone is 1. The molecule has 1 fully saturated rings. The predicted molar refractivity (Wildman–Crippen MR) is 55.1 cm³/mol. The van der Waals surface area contributed by atoms with Gasteiger partial charge in [-0.1, -0.05) is 32.9 Å². The molecule has 0 amide bonds. The summed E-state index contributed by atoms with van der Waals surface area (Å²) in [5, 5.41) is 0. The van der Waals surface area contributed by atoms with Crippen LogP contribution in [0.1, 0.15) is 46.5 Å². The van der Waals surface area contributed by atoms with Crippen LogP contribution in [-0.2, 0) is 0 Å². The minimum Gasteiger partial charge on any atom is -0.0993 e. The summed E-state index contributed by atoms with van der Waals surface area (Å²) in [4.78, 5) is 0. The molecule has 1 rings (SSSR count). The molecule has 2 atom stereocenters. The lowest BCUT2D eigenvalue weighted by Crippen LogP contribution is -2.23. The Balaban J connectivity index is 2.61. The van der Waals surface area contributed by atoms with E-state index in [2.05, 4.69) is 27.4 Å². The zero-order valence-corrected chi connectivity index (χ0v) is 8.77. The Bertz CT molecular complexity index is 141. The Kier molecular flexibility index (Phi) is 3.37. The number of hydrogen-bond acceptors (Lipinski definition) is 0. The second-order valence-electron chi connectivity index (χ2n) is 4.36. The fraction of sp³-hybridized carbons (Fsp3) is 0.833. The van der Waals surface area contributed by atoms with Gasteiger partial charge in [0.05, 0.1) is 0 Å². The molecule has 0 heterocycles. The molecule has 0 N–H and O–H groups in total. The maximum absolute atomic E-state index is 4.25. The van der Waals surface area contributed by atoms with Crippen molar-refractivity contribution in [3.8, 4) is 0 Å². The largest absolute Gasteiger partial charge is 0.0993 e. The lowest BCUT2D eigenvalue weighted by molar-refractivity contribution is 0.277. The van der Waals surface area contributed by atoms with Crippen LogP contribution >= 0.6 is 0 Å². The molecule has 0 aliphatic heterocycles. The van der Waals surface area contributed by atoms with Crippen LogP contribution in [0.2, 0.25) is 0 Å². The van der Waals surface area contributed by atoms with Crippen molar-refractivity contribution >= 4 is 0 Å². The van der Waals surface area contributed by atoms with E-state index in [0.29, 0.717) is 0 Å². The average molecular weight is 166 g/mol. The lowest BCUT2D eigenvalue weighted by atomic mass is 9.71. The molecule has 2 unspecified atom stereocenters. The van der Waals surface area contributed by atoms with Gasteiger partial charge >= 0.3 is 0 Å². The van der Waals surface area contributed by atoms with Crippen molar-refractivity contribution < 1.29 is 0 Å². The summed E-state index contributed by atoms with van der Waals surface area (Å²) in [6.07, 6.45) is 5.34. The van der Waals surface area contributed by atoms with Gasteiger partial charge in [0.1, 0.15) is 0 Å². The first-order chi connectivity index (χ1) is 5.69. The summed E-state index contributed by atoms with van der Waals surface area (Å²) < 4.78 is 0. The monoisotopic (exact) mass is 166 g/mol. The molecule has 70 valence electrons. The van der Waals surface area contributed by atoms with Crippen LogP contribution in [0.25, 0.3) is 0 Å². The van der Waals surface area contributed by atoms with Gasteiger partial charge in [0.25, 0.3) is 0 Å². The Morgan fingerprint density at radius 3 is 1.92 bits per heavy atom. The van der Waals surface area contributed by atoms with Gasteiger partial charge in [0.15, 0.2) is 0 Å². The Labute approximate surface area is 77.1 Å². The van der Waals surface area contributed by atoms with Gasteiger partial charge in [0, 0.05) is 0 Å². The molecule has 0 aromatic rings. The highest BCUT2D eigenvalue weighted by Crippen LogP contribution is 2.39. The molecule has 0 aromatic carbocycles. The van der Waals surface area contributed by atoms with Gasteiger partial charge in [-0.3, -0.25) is 0 Å². The third kappa shape index (κ3) is 1.91. The molecule has 0 spiro atoms. The standard InChI is InChI=1S/C12H22/c1-5-11-7-9(3)8-12(6-2)10(11)4/h9,11-12H,4-8H2,1-3H3. The SMILES string of the molecule is C=C1C(CC)CC(C)CC1CC. The van der Waals surface area contributed by atoms with Gasteiger partial charge in [-0.15, -0.1) is 0 Å². The minimum absolute atomic E-state index is 0.818. The second kappa shape index (κ2) is 4.11. The van der Waals surface area contributed by atoms with E-state index in [1.807, 2.05) is 0 Å². The minimum atomic E-state index is 0.818. The van der Waals surface area contributed by atoms with Gasteiger partial charge in [0.2, 0.25) is 0 Å². The molecule has 1 saturated carbocycles. The predicted octanol–water partition coefficient (Wildman–Crippen LogP) is 4.02. The molecule has 1 aliphatic carbocycles. The topological polar surface area (TPSA) is 0 Å². The van der Waals surface area contributed by atoms with Crippen LogP contribution in [0.15, 0.2) is 12.2 Å². The van der Waals surface area contributed by atoms with Crippen molar-refractivity contribution in [2.24, 2.45) is 17.8 Å². The molecule has 0 heteroatoms. The van der Waals surface area contributed by atoms with E-state index < -0.39 is 0 Å². The van der Waals surface area contributed by atoms with E-state index in [4.69, 9.17) is 0 Å². The van der Waals surface area contributed by atoms with Crippen LogP contribution in [-0.4, -0.2) is 0 Å². The fourth-order valence-corrected chi connectivity index (χ4v) is 2.56. The van der Waals surface area contributed by atoms with Crippen molar-refractivity contribution in [1.82, 2.24) is 0 Å². The molecule has 12 heavy (non-hydrogen) atoms. The Morgan fingerprint density at radius 1 is 1.17 bits per heavy atom. The van der Waals surface area contributed by atoms with E-state index in [-0.39, 0.29) is 0 Å². The first-order valence-corrected chi connectivity index (χ1v) is 5.37. The summed E-state index contributed by atoms with van der Waals surface area (Å²) in [5.41, 5.74) is 1.54. The van der Waals surface area contributed by atoms with E-state index in [0.717, 1.165) is 17.8 Å². The van der Waals surface area contributed by atoms with Crippen LogP contribution < -0.4 is 0 Å². The second-order valence-corrected chi connectivity index (χ2v) is 4.36. The van der Waals surface area contributed by atoms with E-state index >= 15 is 0 Å².